The van der Waals surface area contributed by atoms with Gasteiger partial charge in [0.15, 0.2) is 0 Å². The number of nitrogens with two attached hydrogens (primary N) is 1. The Kier molecular flexibility index (Phi) is 35.5. The molecule has 4 unspecified atom stereocenters. The maximum absolute atomic E-state index is 12.7. The first-order valence-corrected chi connectivity index (χ1v) is 22.0. The van der Waals surface area contributed by atoms with Gasteiger partial charge in [0.25, 0.3) is 0 Å². The normalized spacial score (nSPS) is 15.1. The second-order valence-corrected chi connectivity index (χ2v) is 15.5. The molecule has 296 valence electrons. The second-order valence-electron chi connectivity index (χ2n) is 14.0. The van der Waals surface area contributed by atoms with Crippen LogP contribution in [0.15, 0.2) is 24.3 Å². The number of carbonyl (C=O) groups is 1. The summed E-state index contributed by atoms with van der Waals surface area (Å²) in [6.45, 7) is 3.83. The molecular weight excluding hydrogens is 651 g/mol. The van der Waals surface area contributed by atoms with Crippen molar-refractivity contribution in [1.29, 1.82) is 0 Å². The SMILES string of the molecule is CCC/C=C/CC/C=C/C(O)C(COP(=O)(O)OCCN)NC(=O)CC(O)CCCCCCCCCCCCCCCCCCCCCCC. The minimum atomic E-state index is -4.39. The molecule has 0 aliphatic rings. The van der Waals surface area contributed by atoms with Gasteiger partial charge in [-0.15, -0.1) is 0 Å². The van der Waals surface area contributed by atoms with Crippen LogP contribution in [0, 0.1) is 0 Å². The highest BCUT2D eigenvalue weighted by Gasteiger charge is 2.27. The zero-order valence-electron chi connectivity index (χ0n) is 32.3. The number of phosphoric ester groups is 1. The molecular formula is C40H79N2O7P. The van der Waals surface area contributed by atoms with Gasteiger partial charge in [-0.1, -0.05) is 179 Å². The Balaban J connectivity index is 4.08. The molecule has 9 nitrogen and oxygen atoms in total. The van der Waals surface area contributed by atoms with Crippen molar-refractivity contribution in [3.63, 3.8) is 0 Å². The van der Waals surface area contributed by atoms with E-state index >= 15 is 0 Å². The summed E-state index contributed by atoms with van der Waals surface area (Å²) in [5, 5.41) is 23.8. The number of allylic oxidation sites excluding steroid dienone is 3. The molecule has 50 heavy (non-hydrogen) atoms. The standard InChI is InChI=1S/C40H79N2O7P/c1-3-5-7-9-11-12-13-14-15-16-17-18-19-20-21-22-23-24-26-27-29-31-37(43)35-40(45)42-38(36-49-50(46,47)48-34-33-41)39(44)32-30-28-25-10-8-6-4-2/h8,10,30,32,37-39,43-44H,3-7,9,11-29,31,33-36,41H2,1-2H3,(H,42,45)(H,46,47)/b10-8+,32-30+. The van der Waals surface area contributed by atoms with E-state index in [2.05, 4.69) is 31.3 Å². The third-order valence-corrected chi connectivity index (χ3v) is 10.0. The summed E-state index contributed by atoms with van der Waals surface area (Å²) in [5.74, 6) is -0.458. The van der Waals surface area contributed by atoms with E-state index in [1.54, 1.807) is 12.2 Å². The number of rotatable bonds is 38. The van der Waals surface area contributed by atoms with Crippen molar-refractivity contribution in [3.8, 4) is 0 Å². The number of amides is 1. The van der Waals surface area contributed by atoms with Gasteiger partial charge in [-0.3, -0.25) is 13.8 Å². The van der Waals surface area contributed by atoms with Gasteiger partial charge < -0.3 is 26.2 Å². The highest BCUT2D eigenvalue weighted by atomic mass is 31.2. The summed E-state index contributed by atoms with van der Waals surface area (Å²) >= 11 is 0. The van der Waals surface area contributed by atoms with E-state index in [9.17, 15) is 24.5 Å². The smallest absolute Gasteiger partial charge is 0.393 e. The summed E-state index contributed by atoms with van der Waals surface area (Å²) in [5.41, 5.74) is 5.33. The van der Waals surface area contributed by atoms with Gasteiger partial charge in [0, 0.05) is 6.54 Å². The van der Waals surface area contributed by atoms with Gasteiger partial charge in [0.2, 0.25) is 5.91 Å². The third kappa shape index (κ3) is 34.0. The summed E-state index contributed by atoms with van der Waals surface area (Å²) in [4.78, 5) is 22.6. The Morgan fingerprint density at radius 1 is 0.680 bits per heavy atom. The predicted molar refractivity (Wildman–Crippen MR) is 209 cm³/mol. The molecule has 0 spiro atoms. The summed E-state index contributed by atoms with van der Waals surface area (Å²) < 4.78 is 21.9. The number of carbonyl (C=O) groups excluding carboxylic acids is 1. The third-order valence-electron chi connectivity index (χ3n) is 9.07. The number of unbranched alkanes of at least 4 members (excludes halogenated alkanes) is 22. The minimum Gasteiger partial charge on any atom is -0.393 e. The molecule has 0 fully saturated rings. The Morgan fingerprint density at radius 3 is 1.62 bits per heavy atom. The maximum atomic E-state index is 12.7. The van der Waals surface area contributed by atoms with Crippen LogP contribution in [0.4, 0.5) is 0 Å². The first-order chi connectivity index (χ1) is 24.3. The van der Waals surface area contributed by atoms with Crippen LogP contribution in [0.25, 0.3) is 0 Å². The zero-order valence-corrected chi connectivity index (χ0v) is 33.1. The van der Waals surface area contributed by atoms with Crippen LogP contribution in [0.5, 0.6) is 0 Å². The molecule has 0 rings (SSSR count). The number of aliphatic hydroxyl groups is 2. The maximum Gasteiger partial charge on any atom is 0.472 e. The van der Waals surface area contributed by atoms with Crippen LogP contribution < -0.4 is 11.1 Å². The monoisotopic (exact) mass is 731 g/mol. The molecule has 0 radical (unpaired) electrons. The van der Waals surface area contributed by atoms with E-state index in [0.29, 0.717) is 12.8 Å². The fourth-order valence-corrected chi connectivity index (χ4v) is 6.72. The average molecular weight is 731 g/mol. The van der Waals surface area contributed by atoms with E-state index < -0.39 is 38.6 Å². The van der Waals surface area contributed by atoms with Crippen LogP contribution in [0.3, 0.4) is 0 Å². The van der Waals surface area contributed by atoms with Crippen molar-refractivity contribution < 1.29 is 33.5 Å². The van der Waals surface area contributed by atoms with Gasteiger partial charge in [-0.2, -0.15) is 0 Å². The second kappa shape index (κ2) is 36.3. The Morgan fingerprint density at radius 2 is 1.14 bits per heavy atom. The van der Waals surface area contributed by atoms with E-state index in [0.717, 1.165) is 38.5 Å². The lowest BCUT2D eigenvalue weighted by atomic mass is 10.0. The molecule has 0 aromatic heterocycles. The van der Waals surface area contributed by atoms with Crippen LogP contribution in [-0.2, 0) is 18.4 Å². The highest BCUT2D eigenvalue weighted by molar-refractivity contribution is 7.47. The molecule has 1 amide bonds. The lowest BCUT2D eigenvalue weighted by Crippen LogP contribution is -2.46. The molecule has 4 atom stereocenters. The van der Waals surface area contributed by atoms with Crippen molar-refractivity contribution in [3.05, 3.63) is 24.3 Å². The van der Waals surface area contributed by atoms with Gasteiger partial charge in [0.1, 0.15) is 0 Å². The molecule has 10 heteroatoms. The number of phosphoric acid groups is 1. The largest absolute Gasteiger partial charge is 0.472 e. The summed E-state index contributed by atoms with van der Waals surface area (Å²) in [7, 11) is -4.39. The average Bonchev–Trinajstić information content (AvgIpc) is 3.09. The van der Waals surface area contributed by atoms with Gasteiger partial charge in [-0.25, -0.2) is 4.57 Å². The van der Waals surface area contributed by atoms with Crippen LogP contribution >= 0.6 is 7.82 Å². The molecule has 0 aliphatic heterocycles. The van der Waals surface area contributed by atoms with E-state index in [1.165, 1.54) is 116 Å². The quantitative estimate of drug-likeness (QED) is 0.0239. The highest BCUT2D eigenvalue weighted by Crippen LogP contribution is 2.43. The zero-order chi connectivity index (χ0) is 37.0. The van der Waals surface area contributed by atoms with E-state index in [4.69, 9.17) is 14.8 Å². The van der Waals surface area contributed by atoms with Crippen LogP contribution in [0.1, 0.15) is 187 Å². The van der Waals surface area contributed by atoms with Crippen molar-refractivity contribution in [2.24, 2.45) is 5.73 Å². The lowest BCUT2D eigenvalue weighted by molar-refractivity contribution is -0.124. The van der Waals surface area contributed by atoms with E-state index in [1.807, 2.05) is 0 Å². The molecule has 0 heterocycles. The number of hydrogen-bond donors (Lipinski definition) is 5. The molecule has 0 saturated heterocycles. The molecule has 0 saturated carbocycles. The van der Waals surface area contributed by atoms with Gasteiger partial charge >= 0.3 is 7.82 Å². The summed E-state index contributed by atoms with van der Waals surface area (Å²) in [6.07, 6.45) is 37.4. The predicted octanol–water partition coefficient (Wildman–Crippen LogP) is 9.97. The van der Waals surface area contributed by atoms with Crippen molar-refractivity contribution >= 4 is 13.7 Å². The van der Waals surface area contributed by atoms with Gasteiger partial charge in [-0.05, 0) is 25.7 Å². The first-order valence-electron chi connectivity index (χ1n) is 20.5. The van der Waals surface area contributed by atoms with Gasteiger partial charge in [0.05, 0.1) is 37.9 Å². The summed E-state index contributed by atoms with van der Waals surface area (Å²) in [6, 6.07) is -0.993. The van der Waals surface area contributed by atoms with Crippen LogP contribution in [0.2, 0.25) is 0 Å². The molecule has 6 N–H and O–H groups in total. The molecule has 0 aromatic carbocycles. The van der Waals surface area contributed by atoms with Crippen molar-refractivity contribution in [1.82, 2.24) is 5.32 Å². The topological polar surface area (TPSA) is 151 Å². The molecule has 0 aromatic rings. The first kappa shape index (κ1) is 48.9. The van der Waals surface area contributed by atoms with E-state index in [-0.39, 0.29) is 19.6 Å². The Labute approximate surface area is 307 Å². The molecule has 0 aliphatic carbocycles. The number of hydrogen-bond acceptors (Lipinski definition) is 7. The van der Waals surface area contributed by atoms with Crippen molar-refractivity contribution in [2.45, 2.75) is 205 Å². The van der Waals surface area contributed by atoms with Crippen LogP contribution in [-0.4, -0.2) is 59.0 Å². The minimum absolute atomic E-state index is 0.0452. The van der Waals surface area contributed by atoms with Crippen molar-refractivity contribution in [2.75, 3.05) is 19.8 Å². The number of nitrogens with one attached hydrogen (secondary N) is 1. The number of aliphatic hydroxyl groups excluding tert-OH is 2. The Bertz CT molecular complexity index is 858. The molecule has 0 bridgehead atoms. The lowest BCUT2D eigenvalue weighted by Gasteiger charge is -2.24. The Hall–Kier alpha value is -1.06. The fraction of sp³-hybridized carbons (Fsp3) is 0.875. The fourth-order valence-electron chi connectivity index (χ4n) is 5.96.